The summed E-state index contributed by atoms with van der Waals surface area (Å²) in [5.41, 5.74) is 3.91. The van der Waals surface area contributed by atoms with Gasteiger partial charge in [-0.3, -0.25) is 10.2 Å². The SMILES string of the molecule is COc1cccc(N(C)Cc2csc(C(=O)NN)n2)c1. The van der Waals surface area contributed by atoms with Crippen molar-refractivity contribution in [1.29, 1.82) is 0 Å². The van der Waals surface area contributed by atoms with Crippen LogP contribution in [-0.4, -0.2) is 25.0 Å². The summed E-state index contributed by atoms with van der Waals surface area (Å²) < 4.78 is 5.20. The third-order valence-corrected chi connectivity index (χ3v) is 3.66. The monoisotopic (exact) mass is 292 g/mol. The molecule has 0 saturated heterocycles. The summed E-state index contributed by atoms with van der Waals surface area (Å²) in [4.78, 5) is 17.6. The van der Waals surface area contributed by atoms with Gasteiger partial charge in [-0.15, -0.1) is 11.3 Å². The molecule has 0 aliphatic heterocycles. The molecule has 0 unspecified atom stereocenters. The van der Waals surface area contributed by atoms with E-state index in [2.05, 4.69) is 10.4 Å². The molecule has 106 valence electrons. The Kier molecular flexibility index (Phi) is 4.54. The molecule has 0 aliphatic rings. The first kappa shape index (κ1) is 14.3. The zero-order valence-electron chi connectivity index (χ0n) is 11.3. The van der Waals surface area contributed by atoms with Crippen molar-refractivity contribution < 1.29 is 9.53 Å². The number of carbonyl (C=O) groups is 1. The number of nitrogens with two attached hydrogens (primary N) is 1. The Morgan fingerprint density at radius 3 is 3.05 bits per heavy atom. The van der Waals surface area contributed by atoms with Crippen LogP contribution in [0.5, 0.6) is 5.75 Å². The molecule has 7 heteroatoms. The molecular weight excluding hydrogens is 276 g/mol. The lowest BCUT2D eigenvalue weighted by Gasteiger charge is -2.18. The van der Waals surface area contributed by atoms with Crippen LogP contribution in [0.3, 0.4) is 0 Å². The van der Waals surface area contributed by atoms with Crippen LogP contribution < -0.4 is 20.9 Å². The zero-order valence-corrected chi connectivity index (χ0v) is 12.1. The van der Waals surface area contributed by atoms with Crippen molar-refractivity contribution in [1.82, 2.24) is 10.4 Å². The molecule has 1 amide bonds. The van der Waals surface area contributed by atoms with Crippen LogP contribution in [-0.2, 0) is 6.54 Å². The molecule has 0 fully saturated rings. The number of anilines is 1. The van der Waals surface area contributed by atoms with Gasteiger partial charge in [-0.05, 0) is 12.1 Å². The van der Waals surface area contributed by atoms with Crippen molar-refractivity contribution in [2.45, 2.75) is 6.54 Å². The van der Waals surface area contributed by atoms with Gasteiger partial charge in [0.2, 0.25) is 0 Å². The number of hydrazine groups is 1. The smallest absolute Gasteiger partial charge is 0.294 e. The summed E-state index contributed by atoms with van der Waals surface area (Å²) in [5.74, 6) is 5.51. The number of rotatable bonds is 5. The first-order chi connectivity index (χ1) is 9.63. The van der Waals surface area contributed by atoms with E-state index in [0.29, 0.717) is 11.6 Å². The normalized spacial score (nSPS) is 10.2. The molecule has 2 rings (SSSR count). The second-order valence-corrected chi connectivity index (χ2v) is 5.03. The molecule has 1 heterocycles. The van der Waals surface area contributed by atoms with Crippen LogP contribution in [0.4, 0.5) is 5.69 Å². The molecule has 0 aliphatic carbocycles. The fourth-order valence-corrected chi connectivity index (χ4v) is 2.44. The Balaban J connectivity index is 2.08. The average Bonchev–Trinajstić information content (AvgIpc) is 2.95. The van der Waals surface area contributed by atoms with Gasteiger partial charge < -0.3 is 9.64 Å². The number of nitrogen functional groups attached to an aromatic ring is 1. The molecule has 0 bridgehead atoms. The van der Waals surface area contributed by atoms with Crippen LogP contribution in [0, 0.1) is 0 Å². The predicted molar refractivity (Wildman–Crippen MR) is 78.9 cm³/mol. The first-order valence-corrected chi connectivity index (χ1v) is 6.82. The largest absolute Gasteiger partial charge is 0.497 e. The molecule has 0 spiro atoms. The number of thiazole rings is 1. The maximum atomic E-state index is 11.3. The van der Waals surface area contributed by atoms with Crippen molar-refractivity contribution in [3.8, 4) is 5.75 Å². The van der Waals surface area contributed by atoms with E-state index >= 15 is 0 Å². The quantitative estimate of drug-likeness (QED) is 0.494. The van der Waals surface area contributed by atoms with Crippen LogP contribution in [0.1, 0.15) is 15.5 Å². The molecule has 2 aromatic rings. The number of benzene rings is 1. The lowest BCUT2D eigenvalue weighted by Crippen LogP contribution is -2.30. The van der Waals surface area contributed by atoms with Gasteiger partial charge in [-0.1, -0.05) is 6.07 Å². The third-order valence-electron chi connectivity index (χ3n) is 2.77. The number of aromatic nitrogens is 1. The lowest BCUT2D eigenvalue weighted by atomic mass is 10.2. The van der Waals surface area contributed by atoms with Crippen molar-refractivity contribution in [2.24, 2.45) is 5.84 Å². The highest BCUT2D eigenvalue weighted by molar-refractivity contribution is 7.11. The van der Waals surface area contributed by atoms with Gasteiger partial charge >= 0.3 is 0 Å². The highest BCUT2D eigenvalue weighted by atomic mass is 32.1. The van der Waals surface area contributed by atoms with Crippen LogP contribution in [0.25, 0.3) is 0 Å². The lowest BCUT2D eigenvalue weighted by molar-refractivity contribution is 0.0953. The van der Waals surface area contributed by atoms with Crippen LogP contribution in [0.2, 0.25) is 0 Å². The number of nitrogens with one attached hydrogen (secondary N) is 1. The Labute approximate surface area is 121 Å². The predicted octanol–water partition coefficient (Wildman–Crippen LogP) is 1.39. The average molecular weight is 292 g/mol. The summed E-state index contributed by atoms with van der Waals surface area (Å²) in [6, 6.07) is 7.76. The topological polar surface area (TPSA) is 80.5 Å². The molecule has 0 saturated carbocycles. The number of hydrogen-bond acceptors (Lipinski definition) is 6. The molecule has 0 atom stereocenters. The van der Waals surface area contributed by atoms with Crippen molar-refractivity contribution in [3.05, 3.63) is 40.3 Å². The summed E-state index contributed by atoms with van der Waals surface area (Å²) in [6.45, 7) is 0.599. The minimum Gasteiger partial charge on any atom is -0.497 e. The molecule has 20 heavy (non-hydrogen) atoms. The zero-order chi connectivity index (χ0) is 14.5. The first-order valence-electron chi connectivity index (χ1n) is 5.94. The minimum atomic E-state index is -0.370. The van der Waals surface area contributed by atoms with Gasteiger partial charge in [-0.2, -0.15) is 0 Å². The maximum absolute atomic E-state index is 11.3. The van der Waals surface area contributed by atoms with Gasteiger partial charge in [0.1, 0.15) is 5.75 Å². The summed E-state index contributed by atoms with van der Waals surface area (Å²) >= 11 is 1.27. The number of methoxy groups -OCH3 is 1. The van der Waals surface area contributed by atoms with Gasteiger partial charge in [0.15, 0.2) is 5.01 Å². The van der Waals surface area contributed by atoms with E-state index < -0.39 is 0 Å². The number of hydrogen-bond donors (Lipinski definition) is 2. The van der Waals surface area contributed by atoms with E-state index in [1.807, 2.05) is 41.6 Å². The van der Waals surface area contributed by atoms with Gasteiger partial charge in [0, 0.05) is 24.2 Å². The standard InChI is InChI=1S/C13H16N4O2S/c1-17(10-4-3-5-11(6-10)19-2)7-9-8-20-13(15-9)12(18)16-14/h3-6,8H,7,14H2,1-2H3,(H,16,18). The Morgan fingerprint density at radius 2 is 2.35 bits per heavy atom. The van der Waals surface area contributed by atoms with Crippen LogP contribution >= 0.6 is 11.3 Å². The molecular formula is C13H16N4O2S. The van der Waals surface area contributed by atoms with E-state index in [1.165, 1.54) is 11.3 Å². The summed E-state index contributed by atoms with van der Waals surface area (Å²) in [5, 5.41) is 2.21. The van der Waals surface area contributed by atoms with E-state index in [4.69, 9.17) is 10.6 Å². The van der Waals surface area contributed by atoms with E-state index in [-0.39, 0.29) is 5.91 Å². The number of nitrogens with zero attached hydrogens (tertiary/aromatic N) is 2. The summed E-state index contributed by atoms with van der Waals surface area (Å²) in [6.07, 6.45) is 0. The Hall–Kier alpha value is -2.12. The van der Waals surface area contributed by atoms with Gasteiger partial charge in [0.25, 0.3) is 5.91 Å². The fraction of sp³-hybridized carbons (Fsp3) is 0.231. The molecule has 1 aromatic carbocycles. The molecule has 6 nitrogen and oxygen atoms in total. The summed E-state index contributed by atoms with van der Waals surface area (Å²) in [7, 11) is 3.59. The van der Waals surface area contributed by atoms with E-state index in [1.54, 1.807) is 7.11 Å². The molecule has 3 N–H and O–H groups in total. The second kappa shape index (κ2) is 6.36. The van der Waals surface area contributed by atoms with E-state index in [9.17, 15) is 4.79 Å². The Bertz CT molecular complexity index is 600. The minimum absolute atomic E-state index is 0.363. The van der Waals surface area contributed by atoms with Gasteiger partial charge in [0.05, 0.1) is 19.3 Å². The third kappa shape index (κ3) is 3.25. The molecule has 1 aromatic heterocycles. The number of amides is 1. The van der Waals surface area contributed by atoms with Crippen LogP contribution in [0.15, 0.2) is 29.6 Å². The highest BCUT2D eigenvalue weighted by Crippen LogP contribution is 2.21. The molecule has 0 radical (unpaired) electrons. The fourth-order valence-electron chi connectivity index (χ4n) is 1.73. The maximum Gasteiger partial charge on any atom is 0.294 e. The Morgan fingerprint density at radius 1 is 1.55 bits per heavy atom. The van der Waals surface area contributed by atoms with Crippen molar-refractivity contribution in [3.63, 3.8) is 0 Å². The second-order valence-electron chi connectivity index (χ2n) is 4.17. The van der Waals surface area contributed by atoms with Crippen molar-refractivity contribution in [2.75, 3.05) is 19.1 Å². The van der Waals surface area contributed by atoms with Gasteiger partial charge in [-0.25, -0.2) is 10.8 Å². The number of ether oxygens (including phenoxy) is 1. The van der Waals surface area contributed by atoms with Crippen molar-refractivity contribution >= 4 is 22.9 Å². The highest BCUT2D eigenvalue weighted by Gasteiger charge is 2.11. The van der Waals surface area contributed by atoms with E-state index in [0.717, 1.165) is 17.1 Å². The number of carbonyl (C=O) groups excluding carboxylic acids is 1.